The molecule has 0 spiro atoms. The third-order valence-electron chi connectivity index (χ3n) is 0.896. The first-order valence-corrected chi connectivity index (χ1v) is 3.25. The summed E-state index contributed by atoms with van der Waals surface area (Å²) in [5, 5.41) is 13.9. The van der Waals surface area contributed by atoms with Gasteiger partial charge in [0.1, 0.15) is 0 Å². The summed E-state index contributed by atoms with van der Waals surface area (Å²) in [6, 6.07) is 0. The summed E-state index contributed by atoms with van der Waals surface area (Å²) in [7, 11) is 0. The minimum absolute atomic E-state index is 0.309. The van der Waals surface area contributed by atoms with Gasteiger partial charge in [-0.2, -0.15) is 0 Å². The molecule has 0 bridgehead atoms. The third kappa shape index (κ3) is 23.2. The molecule has 12 heavy (non-hydrogen) atoms. The second-order valence-electron chi connectivity index (χ2n) is 1.91. The van der Waals surface area contributed by atoms with E-state index < -0.39 is 19.5 Å². The van der Waals surface area contributed by atoms with Crippen molar-refractivity contribution in [1.82, 2.24) is 0 Å². The minimum Gasteiger partial charge on any atom is -0.450 e. The second-order valence-corrected chi connectivity index (χ2v) is 1.91. The van der Waals surface area contributed by atoms with Crippen LogP contribution in [0.3, 0.4) is 0 Å². The van der Waals surface area contributed by atoms with Crippen molar-refractivity contribution in [3.63, 3.8) is 0 Å². The molecular weight excluding hydrogens is 170 g/mol. The molecule has 0 saturated carbocycles. The van der Waals surface area contributed by atoms with E-state index in [1.54, 1.807) is 0 Å². The van der Waals surface area contributed by atoms with Crippen LogP contribution in [0.2, 0.25) is 0 Å². The van der Waals surface area contributed by atoms with Crippen molar-refractivity contribution in [3.05, 3.63) is 12.2 Å². The van der Waals surface area contributed by atoms with Gasteiger partial charge in [-0.15, -0.1) is 0 Å². The van der Waals surface area contributed by atoms with Gasteiger partial charge in [0.05, 0.1) is 13.3 Å². The average Bonchev–Trinajstić information content (AvgIpc) is 1.87. The Labute approximate surface area is 69.3 Å². The van der Waals surface area contributed by atoms with Crippen molar-refractivity contribution in [2.75, 3.05) is 13.3 Å². The normalized spacial score (nSPS) is 8.17. The summed E-state index contributed by atoms with van der Waals surface area (Å²) in [5.74, 6) is 0. The fraction of sp³-hybridized carbons (Fsp3) is 0.571. The van der Waals surface area contributed by atoms with Crippen LogP contribution >= 0.6 is 0 Å². The molecule has 0 saturated heterocycles. The highest BCUT2D eigenvalue weighted by Gasteiger charge is 1.91. The van der Waals surface area contributed by atoms with Crippen LogP contribution in [0.5, 0.6) is 0 Å². The van der Waals surface area contributed by atoms with E-state index in [2.05, 4.69) is 6.58 Å². The zero-order valence-corrected chi connectivity index (χ0v) is 6.59. The Bertz CT molecular complexity index is 125. The SMILES string of the molecule is C=C(CCF)CCF.O=C(O)O. The molecule has 0 fully saturated rings. The summed E-state index contributed by atoms with van der Waals surface area (Å²) >= 11 is 0. The van der Waals surface area contributed by atoms with Crippen molar-refractivity contribution in [2.24, 2.45) is 0 Å². The number of hydrogen-bond acceptors (Lipinski definition) is 1. The predicted octanol–water partition coefficient (Wildman–Crippen LogP) is 2.48. The van der Waals surface area contributed by atoms with Crippen molar-refractivity contribution < 1.29 is 23.8 Å². The Hall–Kier alpha value is -1.13. The first-order valence-electron chi connectivity index (χ1n) is 3.25. The molecule has 0 amide bonds. The second kappa shape index (κ2) is 9.87. The highest BCUT2D eigenvalue weighted by molar-refractivity contribution is 5.53. The van der Waals surface area contributed by atoms with Gasteiger partial charge < -0.3 is 10.2 Å². The van der Waals surface area contributed by atoms with E-state index in [0.29, 0.717) is 18.4 Å². The lowest BCUT2D eigenvalue weighted by atomic mass is 10.2. The quantitative estimate of drug-likeness (QED) is 0.656. The molecule has 0 aliphatic heterocycles. The van der Waals surface area contributed by atoms with E-state index in [1.165, 1.54) is 0 Å². The molecule has 72 valence electrons. The van der Waals surface area contributed by atoms with Gasteiger partial charge in [-0.05, 0) is 12.8 Å². The lowest BCUT2D eigenvalue weighted by molar-refractivity contribution is 0.137. The topological polar surface area (TPSA) is 57.5 Å². The molecule has 0 radical (unpaired) electrons. The molecule has 0 aliphatic rings. The number of halogens is 2. The van der Waals surface area contributed by atoms with Crippen LogP contribution in [-0.4, -0.2) is 29.7 Å². The van der Waals surface area contributed by atoms with Gasteiger partial charge in [0, 0.05) is 0 Å². The Morgan fingerprint density at radius 1 is 1.17 bits per heavy atom. The van der Waals surface area contributed by atoms with Crippen LogP contribution in [0.25, 0.3) is 0 Å². The molecular formula is C7H12F2O3. The Morgan fingerprint density at radius 2 is 1.42 bits per heavy atom. The number of carboxylic acid groups (broad SMARTS) is 2. The number of rotatable bonds is 4. The Kier molecular flexibility index (Phi) is 11.1. The average molecular weight is 182 g/mol. The fourth-order valence-electron chi connectivity index (χ4n) is 0.392. The third-order valence-corrected chi connectivity index (χ3v) is 0.896. The van der Waals surface area contributed by atoms with E-state index in [-0.39, 0.29) is 0 Å². The minimum atomic E-state index is -1.83. The summed E-state index contributed by atoms with van der Waals surface area (Å²) in [4.78, 5) is 8.56. The van der Waals surface area contributed by atoms with Crippen LogP contribution in [0.1, 0.15) is 12.8 Å². The highest BCUT2D eigenvalue weighted by Crippen LogP contribution is 2.02. The molecule has 0 aromatic carbocycles. The predicted molar refractivity (Wildman–Crippen MR) is 41.0 cm³/mol. The lowest BCUT2D eigenvalue weighted by Crippen LogP contribution is -1.84. The summed E-state index contributed by atoms with van der Waals surface area (Å²) in [6.45, 7) is 2.62. The zero-order chi connectivity index (χ0) is 9.98. The Morgan fingerprint density at radius 3 is 1.58 bits per heavy atom. The van der Waals surface area contributed by atoms with Crippen molar-refractivity contribution in [2.45, 2.75) is 12.8 Å². The highest BCUT2D eigenvalue weighted by atomic mass is 19.1. The van der Waals surface area contributed by atoms with Gasteiger partial charge >= 0.3 is 6.16 Å². The van der Waals surface area contributed by atoms with Crippen LogP contribution in [0.4, 0.5) is 13.6 Å². The number of alkyl halides is 2. The van der Waals surface area contributed by atoms with Gasteiger partial charge in [-0.3, -0.25) is 8.78 Å². The van der Waals surface area contributed by atoms with Gasteiger partial charge in [0.15, 0.2) is 0 Å². The lowest BCUT2D eigenvalue weighted by Gasteiger charge is -1.94. The largest absolute Gasteiger partial charge is 0.503 e. The van der Waals surface area contributed by atoms with E-state index >= 15 is 0 Å². The van der Waals surface area contributed by atoms with E-state index in [0.717, 1.165) is 0 Å². The maximum Gasteiger partial charge on any atom is 0.503 e. The van der Waals surface area contributed by atoms with E-state index in [1.807, 2.05) is 0 Å². The molecule has 0 aromatic heterocycles. The number of allylic oxidation sites excluding steroid dienone is 1. The monoisotopic (exact) mass is 182 g/mol. The van der Waals surface area contributed by atoms with Gasteiger partial charge in [0.2, 0.25) is 0 Å². The maximum atomic E-state index is 11.4. The molecule has 3 nitrogen and oxygen atoms in total. The maximum absolute atomic E-state index is 11.4. The molecule has 0 rings (SSSR count). The number of carbonyl (C=O) groups is 1. The molecule has 5 heteroatoms. The smallest absolute Gasteiger partial charge is 0.450 e. The van der Waals surface area contributed by atoms with Crippen molar-refractivity contribution >= 4 is 6.16 Å². The van der Waals surface area contributed by atoms with Crippen molar-refractivity contribution in [3.8, 4) is 0 Å². The van der Waals surface area contributed by atoms with E-state index in [9.17, 15) is 8.78 Å². The van der Waals surface area contributed by atoms with Crippen LogP contribution in [0.15, 0.2) is 12.2 Å². The molecule has 0 unspecified atom stereocenters. The summed E-state index contributed by atoms with van der Waals surface area (Å²) < 4.78 is 22.8. The molecule has 0 atom stereocenters. The number of hydrogen-bond donors (Lipinski definition) is 2. The standard InChI is InChI=1S/C6H10F2.CH2O3/c1-6(2-4-7)3-5-8;2-1(3)4/h1-5H2;(H2,2,3,4). The van der Waals surface area contributed by atoms with Crippen LogP contribution < -0.4 is 0 Å². The van der Waals surface area contributed by atoms with E-state index in [4.69, 9.17) is 15.0 Å². The van der Waals surface area contributed by atoms with Crippen LogP contribution in [0, 0.1) is 0 Å². The zero-order valence-electron chi connectivity index (χ0n) is 6.59. The first kappa shape index (κ1) is 13.5. The van der Waals surface area contributed by atoms with Gasteiger partial charge in [-0.25, -0.2) is 4.79 Å². The van der Waals surface area contributed by atoms with Crippen LogP contribution in [-0.2, 0) is 0 Å². The van der Waals surface area contributed by atoms with Crippen molar-refractivity contribution in [1.29, 1.82) is 0 Å². The molecule has 0 heterocycles. The van der Waals surface area contributed by atoms with Gasteiger partial charge in [0.25, 0.3) is 0 Å². The first-order chi connectivity index (χ1) is 5.54. The Balaban J connectivity index is 0. The molecule has 2 N–H and O–H groups in total. The molecule has 0 aliphatic carbocycles. The summed E-state index contributed by atoms with van der Waals surface area (Å²) in [6.07, 6.45) is -1.21. The van der Waals surface area contributed by atoms with Gasteiger partial charge in [-0.1, -0.05) is 12.2 Å². The fourth-order valence-corrected chi connectivity index (χ4v) is 0.392. The summed E-state index contributed by atoms with van der Waals surface area (Å²) in [5.41, 5.74) is 0.662. The molecule has 0 aromatic rings.